The Kier molecular flexibility index (Phi) is 5.41. The molecule has 0 aliphatic rings. The number of halogens is 1. The first-order valence-corrected chi connectivity index (χ1v) is 8.59. The maximum absolute atomic E-state index is 10.8. The van der Waals surface area contributed by atoms with Crippen molar-refractivity contribution in [2.45, 2.75) is 25.9 Å². The molecule has 0 saturated carbocycles. The lowest BCUT2D eigenvalue weighted by Gasteiger charge is -2.10. The highest BCUT2D eigenvalue weighted by molar-refractivity contribution is 6.31. The van der Waals surface area contributed by atoms with Crippen LogP contribution in [-0.4, -0.2) is 22.5 Å². The minimum Gasteiger partial charge on any atom is -0.458 e. The highest BCUT2D eigenvalue weighted by atomic mass is 35.5. The summed E-state index contributed by atoms with van der Waals surface area (Å²) < 4.78 is 11.0. The van der Waals surface area contributed by atoms with Crippen LogP contribution < -0.4 is 0 Å². The van der Waals surface area contributed by atoms with Crippen LogP contribution in [0.2, 0.25) is 5.02 Å². The van der Waals surface area contributed by atoms with Crippen LogP contribution >= 0.6 is 11.6 Å². The van der Waals surface area contributed by atoms with E-state index in [-0.39, 0.29) is 5.97 Å². The molecule has 1 unspecified atom stereocenters. The molecule has 0 radical (unpaired) electrons. The first-order valence-electron chi connectivity index (χ1n) is 8.21. The van der Waals surface area contributed by atoms with Gasteiger partial charge in [-0.2, -0.15) is 0 Å². The van der Waals surface area contributed by atoms with Crippen molar-refractivity contribution in [2.24, 2.45) is 0 Å². The van der Waals surface area contributed by atoms with Crippen LogP contribution in [-0.2, 0) is 11.2 Å². The van der Waals surface area contributed by atoms with Gasteiger partial charge in [0.05, 0.1) is 0 Å². The lowest BCUT2D eigenvalue weighted by Crippen LogP contribution is -2.07. The Hall–Kier alpha value is -2.30. The summed E-state index contributed by atoms with van der Waals surface area (Å²) in [6, 6.07) is 14.7. The maximum Gasteiger partial charge on any atom is 0.482 e. The molecule has 25 heavy (non-hydrogen) atoms. The van der Waals surface area contributed by atoms with Crippen LogP contribution in [0.4, 0.5) is 0 Å². The summed E-state index contributed by atoms with van der Waals surface area (Å²) in [6.45, 7) is 2.22. The fourth-order valence-electron chi connectivity index (χ4n) is 2.88. The molecule has 0 saturated heterocycles. The van der Waals surface area contributed by atoms with Crippen LogP contribution in [0.15, 0.2) is 52.9 Å². The molecule has 0 amide bonds. The second-order valence-corrected chi connectivity index (χ2v) is 6.16. The van der Waals surface area contributed by atoms with E-state index < -0.39 is 6.10 Å². The standard InChI is InChI=1S/C20H19ClO4/c1-2-24-18(22)11-9-15-16-12-14(21)8-10-17(16)25-20(15)19(23)13-6-4-3-5-7-13/h3-8,10,12,19,23H,2,9,11H2,1H3/p+1. The molecule has 3 aromatic rings. The fraction of sp³-hybridized carbons (Fsp3) is 0.250. The molecule has 0 aliphatic carbocycles. The average molecular weight is 360 g/mol. The number of aryl methyl sites for hydroxylation is 1. The van der Waals surface area contributed by atoms with Crippen LogP contribution in [0.25, 0.3) is 11.0 Å². The van der Waals surface area contributed by atoms with E-state index >= 15 is 0 Å². The molecule has 0 aliphatic heterocycles. The monoisotopic (exact) mass is 359 g/mol. The van der Waals surface area contributed by atoms with E-state index in [0.717, 1.165) is 16.5 Å². The summed E-state index contributed by atoms with van der Waals surface area (Å²) in [6.07, 6.45) is -0.0985. The molecule has 0 fully saturated rings. The molecule has 1 atom stereocenters. The van der Waals surface area contributed by atoms with Crippen LogP contribution in [0.5, 0.6) is 0 Å². The number of aliphatic hydroxyl groups excluding tert-OH is 1. The number of hydrogen-bond acceptors (Lipinski definition) is 3. The molecule has 4 nitrogen and oxygen atoms in total. The first kappa shape index (κ1) is 17.5. The van der Waals surface area contributed by atoms with E-state index in [1.54, 1.807) is 12.1 Å². The number of fused-ring (bicyclic) bond motifs is 1. The second kappa shape index (κ2) is 7.72. The van der Waals surface area contributed by atoms with Gasteiger partial charge < -0.3 is 19.1 Å². The average Bonchev–Trinajstić information content (AvgIpc) is 2.98. The smallest absolute Gasteiger partial charge is 0.458 e. The van der Waals surface area contributed by atoms with Crippen molar-refractivity contribution in [1.82, 2.24) is 0 Å². The Morgan fingerprint density at radius 3 is 2.72 bits per heavy atom. The Morgan fingerprint density at radius 1 is 1.24 bits per heavy atom. The van der Waals surface area contributed by atoms with Gasteiger partial charge in [0.2, 0.25) is 0 Å². The molecular formula is C20H20ClO4+. The summed E-state index contributed by atoms with van der Waals surface area (Å²) in [7, 11) is 0. The molecular weight excluding hydrogens is 340 g/mol. The quantitative estimate of drug-likeness (QED) is 0.515. The number of hydrogen-bond donors (Lipinski definition) is 1. The molecule has 5 heteroatoms. The molecule has 3 rings (SSSR count). The zero-order valence-electron chi connectivity index (χ0n) is 13.9. The van der Waals surface area contributed by atoms with E-state index in [4.69, 9.17) is 20.8 Å². The van der Waals surface area contributed by atoms with Crippen molar-refractivity contribution >= 4 is 28.5 Å². The third kappa shape index (κ3) is 3.86. The largest absolute Gasteiger partial charge is 0.482 e. The van der Waals surface area contributed by atoms with Crippen molar-refractivity contribution in [3.8, 4) is 0 Å². The van der Waals surface area contributed by atoms with Gasteiger partial charge in [0.15, 0.2) is 6.61 Å². The Bertz CT molecular complexity index is 870. The van der Waals surface area contributed by atoms with Gasteiger partial charge in [-0.05, 0) is 37.1 Å². The van der Waals surface area contributed by atoms with Gasteiger partial charge in [-0.25, -0.2) is 0 Å². The molecule has 1 aromatic heterocycles. The summed E-state index contributed by atoms with van der Waals surface area (Å²) >= 11 is 6.13. The van der Waals surface area contributed by atoms with Crippen molar-refractivity contribution in [3.05, 3.63) is 70.4 Å². The number of esters is 1. The zero-order valence-corrected chi connectivity index (χ0v) is 14.7. The van der Waals surface area contributed by atoms with Crippen LogP contribution in [0.3, 0.4) is 0 Å². The summed E-state index contributed by atoms with van der Waals surface area (Å²) in [5.41, 5.74) is 2.22. The number of rotatable bonds is 6. The molecule has 130 valence electrons. The molecule has 2 aromatic carbocycles. The predicted octanol–water partition coefficient (Wildman–Crippen LogP) is 4.64. The number of benzene rings is 2. The fourth-order valence-corrected chi connectivity index (χ4v) is 3.05. The predicted molar refractivity (Wildman–Crippen MR) is 98.6 cm³/mol. The normalized spacial score (nSPS) is 12.3. The van der Waals surface area contributed by atoms with Crippen molar-refractivity contribution in [3.63, 3.8) is 0 Å². The lowest BCUT2D eigenvalue weighted by molar-refractivity contribution is 0.190. The SMILES string of the molecule is CCOC(=[OH+])CCc1c(C(O)c2ccccc2)oc2ccc(Cl)cc12. The highest BCUT2D eigenvalue weighted by Crippen LogP contribution is 2.35. The van der Waals surface area contributed by atoms with E-state index in [1.165, 1.54) is 0 Å². The van der Waals surface area contributed by atoms with Gasteiger partial charge in [0.25, 0.3) is 0 Å². The molecule has 1 heterocycles. The number of ether oxygens (including phenoxy) is 1. The zero-order chi connectivity index (χ0) is 17.8. The minimum absolute atomic E-state index is 0.0287. The Labute approximate surface area is 151 Å². The first-order chi connectivity index (χ1) is 12.1. The maximum atomic E-state index is 10.8. The summed E-state index contributed by atoms with van der Waals surface area (Å²) in [4.78, 5) is 9.80. The summed E-state index contributed by atoms with van der Waals surface area (Å²) in [5, 5.41) is 12.2. The number of carbonyl (C=O) groups excluding carboxylic acids is 1. The van der Waals surface area contributed by atoms with Gasteiger partial charge in [0, 0.05) is 16.0 Å². The van der Waals surface area contributed by atoms with Gasteiger partial charge in [-0.1, -0.05) is 41.9 Å². The van der Waals surface area contributed by atoms with Gasteiger partial charge >= 0.3 is 5.97 Å². The van der Waals surface area contributed by atoms with Gasteiger partial charge in [-0.15, -0.1) is 0 Å². The Balaban J connectivity index is 2.01. The topological polar surface area (TPSA) is 64.0 Å². The second-order valence-electron chi connectivity index (χ2n) is 5.73. The van der Waals surface area contributed by atoms with Gasteiger partial charge in [-0.3, -0.25) is 0 Å². The highest BCUT2D eigenvalue weighted by Gasteiger charge is 2.24. The van der Waals surface area contributed by atoms with Crippen molar-refractivity contribution < 1.29 is 19.1 Å². The Morgan fingerprint density at radius 2 is 2.00 bits per heavy atom. The third-order valence-electron chi connectivity index (χ3n) is 4.05. The minimum atomic E-state index is -0.892. The molecule has 0 spiro atoms. The van der Waals surface area contributed by atoms with Crippen molar-refractivity contribution in [2.75, 3.05) is 6.61 Å². The van der Waals surface area contributed by atoms with Crippen molar-refractivity contribution in [1.29, 1.82) is 0 Å². The van der Waals surface area contributed by atoms with Crippen LogP contribution in [0.1, 0.15) is 36.3 Å². The van der Waals surface area contributed by atoms with Gasteiger partial charge in [0.1, 0.15) is 23.9 Å². The number of aliphatic hydroxyl groups is 1. The van der Waals surface area contributed by atoms with E-state index in [0.29, 0.717) is 35.8 Å². The van der Waals surface area contributed by atoms with Crippen LogP contribution in [0, 0.1) is 0 Å². The van der Waals surface area contributed by atoms with E-state index in [9.17, 15) is 9.90 Å². The summed E-state index contributed by atoms with van der Waals surface area (Å²) in [5.74, 6) is 0.437. The lowest BCUT2D eigenvalue weighted by atomic mass is 9.99. The third-order valence-corrected chi connectivity index (χ3v) is 4.28. The molecule has 0 bridgehead atoms. The molecule has 2 N–H and O–H groups in total. The van der Waals surface area contributed by atoms with E-state index in [2.05, 4.69) is 0 Å². The number of furan rings is 1. The van der Waals surface area contributed by atoms with E-state index in [1.807, 2.05) is 43.3 Å².